The van der Waals surface area contributed by atoms with Crippen molar-refractivity contribution >= 4 is 22.7 Å². The predicted molar refractivity (Wildman–Crippen MR) is 142 cm³/mol. The van der Waals surface area contributed by atoms with E-state index in [2.05, 4.69) is 10.3 Å². The Labute approximate surface area is 217 Å². The van der Waals surface area contributed by atoms with Gasteiger partial charge in [0.25, 0.3) is 0 Å². The number of nitrogens with one attached hydrogen (secondary N) is 2. The number of aromatic hydroxyl groups is 1. The molecular weight excluding hydrogens is 466 g/mol. The molecule has 2 fully saturated rings. The Bertz CT molecular complexity index is 1360. The minimum atomic E-state index is -0.760. The number of amides is 2. The number of aromatic amines is 1. The number of fused-ring (bicyclic) bond motifs is 4. The van der Waals surface area contributed by atoms with Gasteiger partial charge in [0.2, 0.25) is 11.8 Å². The van der Waals surface area contributed by atoms with Gasteiger partial charge in [-0.05, 0) is 85.5 Å². The first-order valence-corrected chi connectivity index (χ1v) is 13.4. The van der Waals surface area contributed by atoms with Gasteiger partial charge in [0, 0.05) is 42.0 Å². The van der Waals surface area contributed by atoms with Crippen molar-refractivity contribution in [2.75, 3.05) is 26.7 Å². The molecule has 0 radical (unpaired) electrons. The van der Waals surface area contributed by atoms with Crippen LogP contribution in [-0.2, 0) is 16.0 Å². The minimum absolute atomic E-state index is 0.0822. The Kier molecular flexibility index (Phi) is 5.98. The smallest absolute Gasteiger partial charge is 0.235 e. The van der Waals surface area contributed by atoms with Crippen LogP contribution in [0.2, 0.25) is 0 Å². The van der Waals surface area contributed by atoms with Gasteiger partial charge in [-0.25, -0.2) is 0 Å². The number of ether oxygens (including phenoxy) is 1. The van der Waals surface area contributed by atoms with Crippen LogP contribution >= 0.6 is 0 Å². The number of carbonyl (C=O) groups is 2. The summed E-state index contributed by atoms with van der Waals surface area (Å²) in [5.74, 6) is 1.31. The number of hydrogen-bond donors (Lipinski definition) is 3. The van der Waals surface area contributed by atoms with Crippen LogP contribution in [0.1, 0.15) is 55.3 Å². The van der Waals surface area contributed by atoms with Crippen molar-refractivity contribution < 1.29 is 19.4 Å². The zero-order valence-electron chi connectivity index (χ0n) is 21.5. The number of aromatic nitrogens is 1. The number of imide groups is 1. The molecule has 2 aromatic carbocycles. The number of phenols is 1. The molecule has 3 N–H and O–H groups in total. The molecule has 1 saturated heterocycles. The van der Waals surface area contributed by atoms with Crippen LogP contribution in [0.5, 0.6) is 11.5 Å². The fraction of sp³-hybridized carbons (Fsp3) is 0.467. The van der Waals surface area contributed by atoms with Gasteiger partial charge in [-0.15, -0.1) is 0 Å². The fourth-order valence-electron chi connectivity index (χ4n) is 6.62. The normalized spacial score (nSPS) is 25.6. The summed E-state index contributed by atoms with van der Waals surface area (Å²) in [7, 11) is 1.66. The van der Waals surface area contributed by atoms with Crippen molar-refractivity contribution in [3.05, 3.63) is 59.3 Å². The van der Waals surface area contributed by atoms with E-state index in [-0.39, 0.29) is 29.4 Å². The number of rotatable bonds is 7. The van der Waals surface area contributed by atoms with E-state index in [0.29, 0.717) is 32.4 Å². The number of likely N-dealkylation sites (tertiary alicyclic amines) is 1. The van der Waals surface area contributed by atoms with Crippen LogP contribution in [-0.4, -0.2) is 53.5 Å². The monoisotopic (exact) mass is 501 g/mol. The summed E-state index contributed by atoms with van der Waals surface area (Å²) in [6.07, 6.45) is 4.04. The van der Waals surface area contributed by atoms with Crippen LogP contribution in [0.4, 0.5) is 0 Å². The molecule has 1 aliphatic heterocycles. The second kappa shape index (κ2) is 9.21. The van der Waals surface area contributed by atoms with Gasteiger partial charge in [-0.3, -0.25) is 14.5 Å². The molecule has 3 atom stereocenters. The van der Waals surface area contributed by atoms with Crippen molar-refractivity contribution in [1.82, 2.24) is 15.2 Å². The highest BCUT2D eigenvalue weighted by Gasteiger charge is 2.54. The summed E-state index contributed by atoms with van der Waals surface area (Å²) in [6, 6.07) is 13.3. The Morgan fingerprint density at radius 1 is 1.16 bits per heavy atom. The number of carbonyl (C=O) groups excluding carboxylic acids is 2. The standard InChI is InChI=1S/C30H35N3O4/c1-30-16-23-22-15-21(37-2)8-10-25(22)32-28(23)27(19-4-3-5-20(34)14-19)24(30)9-11-26(35)33(29(30)36)13-12-31-17-18-6-7-18/h3-5,8,10,14-15,18,24,27,31-32,34H,6-7,9,11-13,16-17H2,1-2H3/t24?,27-,30+/m0/s1. The molecule has 37 heavy (non-hydrogen) atoms. The second-order valence-corrected chi connectivity index (χ2v) is 11.2. The van der Waals surface area contributed by atoms with E-state index in [1.165, 1.54) is 17.7 Å². The maximum absolute atomic E-state index is 14.3. The quantitative estimate of drug-likeness (QED) is 0.331. The first kappa shape index (κ1) is 24.0. The lowest BCUT2D eigenvalue weighted by atomic mass is 9.59. The molecule has 194 valence electrons. The molecular formula is C30H35N3O4. The van der Waals surface area contributed by atoms with Gasteiger partial charge >= 0.3 is 0 Å². The maximum Gasteiger partial charge on any atom is 0.235 e. The van der Waals surface area contributed by atoms with Gasteiger partial charge in [-0.2, -0.15) is 0 Å². The van der Waals surface area contributed by atoms with E-state index in [1.54, 1.807) is 19.2 Å². The highest BCUT2D eigenvalue weighted by Crippen LogP contribution is 2.55. The third kappa shape index (κ3) is 4.19. The fourth-order valence-corrected chi connectivity index (χ4v) is 6.62. The molecule has 0 bridgehead atoms. The third-order valence-electron chi connectivity index (χ3n) is 8.80. The number of nitrogens with zero attached hydrogens (tertiary/aromatic N) is 1. The Hall–Kier alpha value is -3.32. The molecule has 2 heterocycles. The molecule has 1 saturated carbocycles. The number of H-pyrrole nitrogens is 1. The van der Waals surface area contributed by atoms with Crippen LogP contribution in [0.25, 0.3) is 10.9 Å². The summed E-state index contributed by atoms with van der Waals surface area (Å²) >= 11 is 0. The molecule has 3 aliphatic rings. The average Bonchev–Trinajstić information content (AvgIpc) is 3.66. The SMILES string of the molecule is COc1ccc2[nH]c3c(c2c1)C[C@@]1(C)C(=O)N(CCNCC2CC2)C(=O)CCC1[C@@H]3c1cccc(O)c1. The highest BCUT2D eigenvalue weighted by molar-refractivity contribution is 6.00. The Morgan fingerprint density at radius 2 is 2.00 bits per heavy atom. The summed E-state index contributed by atoms with van der Waals surface area (Å²) < 4.78 is 5.52. The first-order chi connectivity index (χ1) is 17.9. The van der Waals surface area contributed by atoms with Crippen LogP contribution in [0, 0.1) is 17.3 Å². The molecule has 7 heteroatoms. The molecule has 0 spiro atoms. The van der Waals surface area contributed by atoms with Crippen molar-refractivity contribution in [2.24, 2.45) is 17.3 Å². The van der Waals surface area contributed by atoms with E-state index in [0.717, 1.165) is 45.9 Å². The molecule has 2 amide bonds. The van der Waals surface area contributed by atoms with Crippen LogP contribution < -0.4 is 10.1 Å². The van der Waals surface area contributed by atoms with E-state index in [9.17, 15) is 14.7 Å². The zero-order chi connectivity index (χ0) is 25.7. The summed E-state index contributed by atoms with van der Waals surface area (Å²) in [4.78, 5) is 32.7. The van der Waals surface area contributed by atoms with Gasteiger partial charge in [0.05, 0.1) is 12.5 Å². The molecule has 2 aliphatic carbocycles. The van der Waals surface area contributed by atoms with Crippen LogP contribution in [0.3, 0.4) is 0 Å². The minimum Gasteiger partial charge on any atom is -0.508 e. The van der Waals surface area contributed by atoms with Crippen molar-refractivity contribution in [3.8, 4) is 11.5 Å². The molecule has 1 unspecified atom stereocenters. The predicted octanol–water partition coefficient (Wildman–Crippen LogP) is 4.34. The van der Waals surface area contributed by atoms with E-state index in [4.69, 9.17) is 4.74 Å². The van der Waals surface area contributed by atoms with Gasteiger partial charge in [0.1, 0.15) is 11.5 Å². The summed E-state index contributed by atoms with van der Waals surface area (Å²) in [5, 5.41) is 14.8. The largest absolute Gasteiger partial charge is 0.508 e. The van der Waals surface area contributed by atoms with Crippen molar-refractivity contribution in [1.29, 1.82) is 0 Å². The Balaban J connectivity index is 1.44. The first-order valence-electron chi connectivity index (χ1n) is 13.4. The average molecular weight is 502 g/mol. The van der Waals surface area contributed by atoms with Gasteiger partial charge in [-0.1, -0.05) is 19.1 Å². The second-order valence-electron chi connectivity index (χ2n) is 11.2. The molecule has 1 aromatic heterocycles. The molecule has 3 aromatic rings. The highest BCUT2D eigenvalue weighted by atomic mass is 16.5. The maximum atomic E-state index is 14.3. The van der Waals surface area contributed by atoms with Gasteiger partial charge < -0.3 is 20.1 Å². The van der Waals surface area contributed by atoms with Crippen LogP contribution in [0.15, 0.2) is 42.5 Å². The lowest BCUT2D eigenvalue weighted by molar-refractivity contribution is -0.151. The summed E-state index contributed by atoms with van der Waals surface area (Å²) in [5.41, 5.74) is 3.35. The number of benzene rings is 2. The number of hydrogen-bond acceptors (Lipinski definition) is 5. The van der Waals surface area contributed by atoms with E-state index in [1.807, 2.05) is 37.3 Å². The topological polar surface area (TPSA) is 94.7 Å². The lowest BCUT2D eigenvalue weighted by Gasteiger charge is -2.45. The molecule has 7 nitrogen and oxygen atoms in total. The number of methoxy groups -OCH3 is 1. The third-order valence-corrected chi connectivity index (χ3v) is 8.80. The zero-order valence-corrected chi connectivity index (χ0v) is 21.5. The Morgan fingerprint density at radius 3 is 2.76 bits per heavy atom. The van der Waals surface area contributed by atoms with E-state index < -0.39 is 5.41 Å². The van der Waals surface area contributed by atoms with Crippen molar-refractivity contribution in [3.63, 3.8) is 0 Å². The van der Waals surface area contributed by atoms with Crippen molar-refractivity contribution in [2.45, 2.75) is 44.9 Å². The van der Waals surface area contributed by atoms with E-state index >= 15 is 0 Å². The lowest BCUT2D eigenvalue weighted by Crippen LogP contribution is -2.51. The summed E-state index contributed by atoms with van der Waals surface area (Å²) in [6.45, 7) is 4.02. The molecule has 6 rings (SSSR count). The van der Waals surface area contributed by atoms with Gasteiger partial charge in [0.15, 0.2) is 0 Å². The number of phenolic OH excluding ortho intramolecular Hbond substituents is 1.